The Morgan fingerprint density at radius 2 is 1.18 bits per heavy atom. The minimum Gasteiger partial charge on any atom is -0.463 e. The first-order chi connectivity index (χ1) is 13.4. The van der Waals surface area contributed by atoms with Crippen molar-refractivity contribution in [2.45, 2.75) is 26.7 Å². The Hall–Kier alpha value is -2.98. The molecule has 10 heteroatoms. The number of hydrogen-bond donors (Lipinski definition) is 2. The molecule has 154 valence electrons. The highest BCUT2D eigenvalue weighted by molar-refractivity contribution is 5.79. The van der Waals surface area contributed by atoms with Gasteiger partial charge in [-0.2, -0.15) is 0 Å². The Kier molecular flexibility index (Phi) is 10.9. The second kappa shape index (κ2) is 13.2. The standard InChI is InChI=1S/C18H24N2O8/c1-13(21)25-6-8-27-19-17(23)11-15-4-3-5-16(10-15)12-18(24)20-28-9-7-26-14(2)22/h3-5,10H,6-9,11-12H2,1-2H3,(H,19,23)(H,20,24). The van der Waals surface area contributed by atoms with Gasteiger partial charge < -0.3 is 9.47 Å². The van der Waals surface area contributed by atoms with Crippen LogP contribution in [-0.2, 0) is 51.2 Å². The van der Waals surface area contributed by atoms with Crippen LogP contribution in [0.15, 0.2) is 24.3 Å². The molecule has 0 aliphatic rings. The second-order valence-electron chi connectivity index (χ2n) is 5.60. The van der Waals surface area contributed by atoms with Crippen molar-refractivity contribution in [1.29, 1.82) is 0 Å². The van der Waals surface area contributed by atoms with E-state index in [2.05, 4.69) is 20.4 Å². The topological polar surface area (TPSA) is 129 Å². The number of hydroxylamine groups is 2. The van der Waals surface area contributed by atoms with E-state index < -0.39 is 11.9 Å². The first-order valence-corrected chi connectivity index (χ1v) is 8.52. The first-order valence-electron chi connectivity index (χ1n) is 8.52. The average molecular weight is 396 g/mol. The first kappa shape index (κ1) is 23.1. The molecule has 1 rings (SSSR count). The molecule has 10 nitrogen and oxygen atoms in total. The van der Waals surface area contributed by atoms with E-state index in [1.165, 1.54) is 13.8 Å². The molecule has 0 aliphatic heterocycles. The zero-order valence-corrected chi connectivity index (χ0v) is 15.8. The summed E-state index contributed by atoms with van der Waals surface area (Å²) < 4.78 is 9.32. The zero-order valence-electron chi connectivity index (χ0n) is 15.8. The highest BCUT2D eigenvalue weighted by atomic mass is 16.7. The predicted octanol–water partition coefficient (Wildman–Crippen LogP) is -0.00660. The number of nitrogens with one attached hydrogen (secondary N) is 2. The van der Waals surface area contributed by atoms with Crippen LogP contribution in [0.3, 0.4) is 0 Å². The summed E-state index contributed by atoms with van der Waals surface area (Å²) >= 11 is 0. The van der Waals surface area contributed by atoms with Crippen LogP contribution in [0.25, 0.3) is 0 Å². The van der Waals surface area contributed by atoms with Crippen molar-refractivity contribution < 1.29 is 38.3 Å². The van der Waals surface area contributed by atoms with Crippen LogP contribution in [0, 0.1) is 0 Å². The van der Waals surface area contributed by atoms with Crippen molar-refractivity contribution in [2.24, 2.45) is 0 Å². The molecule has 2 amide bonds. The molecule has 0 saturated carbocycles. The van der Waals surface area contributed by atoms with E-state index in [1.807, 2.05) is 0 Å². The fourth-order valence-corrected chi connectivity index (χ4v) is 2.01. The number of carbonyl (C=O) groups excluding carboxylic acids is 4. The summed E-state index contributed by atoms with van der Waals surface area (Å²) in [6.07, 6.45) is 0.115. The minimum absolute atomic E-state index is 0.0446. The third-order valence-electron chi connectivity index (χ3n) is 3.07. The van der Waals surface area contributed by atoms with Crippen molar-refractivity contribution in [2.75, 3.05) is 26.4 Å². The number of ether oxygens (including phenoxy) is 2. The summed E-state index contributed by atoms with van der Waals surface area (Å²) in [7, 11) is 0. The van der Waals surface area contributed by atoms with E-state index >= 15 is 0 Å². The summed E-state index contributed by atoms with van der Waals surface area (Å²) in [5.41, 5.74) is 5.89. The van der Waals surface area contributed by atoms with Gasteiger partial charge in [-0.25, -0.2) is 11.0 Å². The van der Waals surface area contributed by atoms with Crippen molar-refractivity contribution in [1.82, 2.24) is 11.0 Å². The lowest BCUT2D eigenvalue weighted by atomic mass is 10.1. The lowest BCUT2D eigenvalue weighted by Crippen LogP contribution is -2.28. The predicted molar refractivity (Wildman–Crippen MR) is 95.3 cm³/mol. The molecule has 0 fully saturated rings. The molecule has 0 aromatic heterocycles. The molecule has 0 radical (unpaired) electrons. The molecule has 2 N–H and O–H groups in total. The quantitative estimate of drug-likeness (QED) is 0.287. The van der Waals surface area contributed by atoms with Crippen molar-refractivity contribution >= 4 is 23.8 Å². The van der Waals surface area contributed by atoms with E-state index in [0.29, 0.717) is 11.1 Å². The largest absolute Gasteiger partial charge is 0.463 e. The molecule has 0 heterocycles. The fraction of sp³-hybridized carbons (Fsp3) is 0.444. The molecule has 28 heavy (non-hydrogen) atoms. The Balaban J connectivity index is 2.30. The normalized spacial score (nSPS) is 10.1. The van der Waals surface area contributed by atoms with Gasteiger partial charge in [0, 0.05) is 13.8 Å². The molecule has 0 bridgehead atoms. The van der Waals surface area contributed by atoms with Gasteiger partial charge in [-0.05, 0) is 11.1 Å². The summed E-state index contributed by atoms with van der Waals surface area (Å²) in [5.74, 6) is -1.60. The fourth-order valence-electron chi connectivity index (χ4n) is 2.01. The zero-order chi connectivity index (χ0) is 20.8. The Morgan fingerprint density at radius 1 is 0.750 bits per heavy atom. The monoisotopic (exact) mass is 396 g/mol. The van der Waals surface area contributed by atoms with Crippen LogP contribution in [-0.4, -0.2) is 50.2 Å². The number of benzene rings is 1. The van der Waals surface area contributed by atoms with Gasteiger partial charge in [0.15, 0.2) is 0 Å². The molecule has 1 aromatic carbocycles. The molecule has 0 saturated heterocycles. The van der Waals surface area contributed by atoms with E-state index in [4.69, 9.17) is 9.68 Å². The van der Waals surface area contributed by atoms with Crippen LogP contribution in [0.5, 0.6) is 0 Å². The van der Waals surface area contributed by atoms with Crippen LogP contribution in [0.4, 0.5) is 0 Å². The Bertz CT molecular complexity index is 624. The molecule has 0 unspecified atom stereocenters. The second-order valence-corrected chi connectivity index (χ2v) is 5.60. The van der Waals surface area contributed by atoms with Crippen molar-refractivity contribution in [3.63, 3.8) is 0 Å². The lowest BCUT2D eigenvalue weighted by Gasteiger charge is -2.08. The Labute approximate surface area is 162 Å². The Morgan fingerprint density at radius 3 is 1.57 bits per heavy atom. The molecule has 0 atom stereocenters. The highest BCUT2D eigenvalue weighted by Crippen LogP contribution is 2.07. The summed E-state index contributed by atoms with van der Waals surface area (Å²) in [6, 6.07) is 6.94. The van der Waals surface area contributed by atoms with Gasteiger partial charge in [-0.1, -0.05) is 24.3 Å². The van der Waals surface area contributed by atoms with E-state index in [-0.39, 0.29) is 51.1 Å². The summed E-state index contributed by atoms with van der Waals surface area (Å²) in [6.45, 7) is 2.74. The van der Waals surface area contributed by atoms with Crippen LogP contribution in [0.2, 0.25) is 0 Å². The van der Waals surface area contributed by atoms with Crippen molar-refractivity contribution in [3.05, 3.63) is 35.4 Å². The summed E-state index contributed by atoms with van der Waals surface area (Å²) in [4.78, 5) is 54.6. The molecular weight excluding hydrogens is 372 g/mol. The lowest BCUT2D eigenvalue weighted by molar-refractivity contribution is -0.146. The van der Waals surface area contributed by atoms with E-state index in [9.17, 15) is 19.2 Å². The van der Waals surface area contributed by atoms with Gasteiger partial charge in [-0.3, -0.25) is 28.9 Å². The maximum Gasteiger partial charge on any atom is 0.302 e. The maximum atomic E-state index is 11.8. The smallest absolute Gasteiger partial charge is 0.302 e. The minimum atomic E-state index is -0.425. The number of carbonyl (C=O) groups is 4. The SMILES string of the molecule is CC(=O)OCCONC(=O)Cc1cccc(CC(=O)NOCCOC(C)=O)c1. The molecule has 0 spiro atoms. The third kappa shape index (κ3) is 11.6. The van der Waals surface area contributed by atoms with Crippen LogP contribution < -0.4 is 11.0 Å². The number of hydrogen-bond acceptors (Lipinski definition) is 8. The highest BCUT2D eigenvalue weighted by Gasteiger charge is 2.07. The van der Waals surface area contributed by atoms with Gasteiger partial charge in [0.05, 0.1) is 12.8 Å². The third-order valence-corrected chi connectivity index (χ3v) is 3.07. The van der Waals surface area contributed by atoms with Crippen LogP contribution in [0.1, 0.15) is 25.0 Å². The van der Waals surface area contributed by atoms with Gasteiger partial charge in [0.2, 0.25) is 11.8 Å². The van der Waals surface area contributed by atoms with Crippen molar-refractivity contribution in [3.8, 4) is 0 Å². The van der Waals surface area contributed by atoms with Crippen LogP contribution >= 0.6 is 0 Å². The number of rotatable bonds is 12. The van der Waals surface area contributed by atoms with E-state index in [0.717, 1.165) is 0 Å². The van der Waals surface area contributed by atoms with Gasteiger partial charge >= 0.3 is 11.9 Å². The van der Waals surface area contributed by atoms with E-state index in [1.54, 1.807) is 24.3 Å². The number of amides is 2. The van der Waals surface area contributed by atoms with Gasteiger partial charge in [-0.15, -0.1) is 0 Å². The molecular formula is C18H24N2O8. The average Bonchev–Trinajstić information content (AvgIpc) is 2.60. The maximum absolute atomic E-state index is 11.8. The van der Waals surface area contributed by atoms with Gasteiger partial charge in [0.1, 0.15) is 26.4 Å². The molecule has 0 aliphatic carbocycles. The summed E-state index contributed by atoms with van der Waals surface area (Å²) in [5, 5.41) is 0. The van der Waals surface area contributed by atoms with Gasteiger partial charge in [0.25, 0.3) is 0 Å². The molecule has 1 aromatic rings. The number of esters is 2.